The monoisotopic (exact) mass is 169 g/mol. The molecule has 70 valence electrons. The van der Waals surface area contributed by atoms with E-state index < -0.39 is 0 Å². The summed E-state index contributed by atoms with van der Waals surface area (Å²) < 4.78 is 5.23. The fourth-order valence-corrected chi connectivity index (χ4v) is 2.17. The lowest BCUT2D eigenvalue weighted by Crippen LogP contribution is -2.35. The van der Waals surface area contributed by atoms with Crippen molar-refractivity contribution >= 4 is 0 Å². The number of nitrogens with zero attached hydrogens (tertiary/aromatic N) is 1. The molecule has 2 nitrogen and oxygen atoms in total. The van der Waals surface area contributed by atoms with Crippen LogP contribution < -0.4 is 0 Å². The Morgan fingerprint density at radius 2 is 1.92 bits per heavy atom. The van der Waals surface area contributed by atoms with Crippen LogP contribution in [0.25, 0.3) is 0 Å². The molecule has 0 aromatic rings. The summed E-state index contributed by atoms with van der Waals surface area (Å²) in [5.74, 6) is 0. The molecule has 0 aromatic heterocycles. The summed E-state index contributed by atoms with van der Waals surface area (Å²) in [4.78, 5) is 2.50. The maximum absolute atomic E-state index is 5.23. The third kappa shape index (κ3) is 2.20. The first-order chi connectivity index (χ1) is 5.86. The summed E-state index contributed by atoms with van der Waals surface area (Å²) in [6, 6.07) is 0.850. The minimum atomic E-state index is 0.567. The zero-order valence-electron chi connectivity index (χ0n) is 7.96. The second-order valence-corrected chi connectivity index (χ2v) is 4.19. The fourth-order valence-electron chi connectivity index (χ4n) is 2.17. The number of hydrogen-bond donors (Lipinski definition) is 0. The predicted molar refractivity (Wildman–Crippen MR) is 49.2 cm³/mol. The molecule has 0 spiro atoms. The number of epoxide rings is 1. The molecule has 2 aliphatic rings. The van der Waals surface area contributed by atoms with E-state index in [0.717, 1.165) is 19.2 Å². The number of hydrogen-bond acceptors (Lipinski definition) is 2. The van der Waals surface area contributed by atoms with E-state index in [0.29, 0.717) is 6.10 Å². The SMILES string of the molecule is CN(C[C@@H]1CO1)C1CCCCC1. The Labute approximate surface area is 74.9 Å². The van der Waals surface area contributed by atoms with Gasteiger partial charge in [-0.1, -0.05) is 19.3 Å². The number of likely N-dealkylation sites (N-methyl/N-ethyl adjacent to an activating group) is 1. The van der Waals surface area contributed by atoms with Crippen LogP contribution in [0.2, 0.25) is 0 Å². The molecule has 1 atom stereocenters. The van der Waals surface area contributed by atoms with Crippen molar-refractivity contribution in [3.05, 3.63) is 0 Å². The summed E-state index contributed by atoms with van der Waals surface area (Å²) in [6.07, 6.45) is 7.69. The van der Waals surface area contributed by atoms with Crippen LogP contribution in [0.5, 0.6) is 0 Å². The lowest BCUT2D eigenvalue weighted by atomic mass is 9.94. The van der Waals surface area contributed by atoms with Crippen LogP contribution in [0.1, 0.15) is 32.1 Å². The van der Waals surface area contributed by atoms with Gasteiger partial charge in [0.1, 0.15) is 0 Å². The number of ether oxygens (including phenoxy) is 1. The molecule has 1 aliphatic heterocycles. The normalized spacial score (nSPS) is 31.0. The standard InChI is InChI=1S/C10H19NO/c1-11(7-10-8-12-10)9-5-3-2-4-6-9/h9-10H,2-8H2,1H3/t10-/m1/s1. The summed E-state index contributed by atoms with van der Waals surface area (Å²) in [5, 5.41) is 0. The predicted octanol–water partition coefficient (Wildman–Crippen LogP) is 1.65. The van der Waals surface area contributed by atoms with Crippen LogP contribution in [-0.4, -0.2) is 37.2 Å². The highest BCUT2D eigenvalue weighted by atomic mass is 16.6. The van der Waals surface area contributed by atoms with Crippen LogP contribution >= 0.6 is 0 Å². The van der Waals surface area contributed by atoms with Gasteiger partial charge < -0.3 is 9.64 Å². The molecule has 0 unspecified atom stereocenters. The largest absolute Gasteiger partial charge is 0.372 e. The minimum Gasteiger partial charge on any atom is -0.372 e. The van der Waals surface area contributed by atoms with E-state index in [9.17, 15) is 0 Å². The van der Waals surface area contributed by atoms with Gasteiger partial charge in [-0.2, -0.15) is 0 Å². The third-order valence-electron chi connectivity index (χ3n) is 3.09. The van der Waals surface area contributed by atoms with Crippen molar-refractivity contribution in [1.29, 1.82) is 0 Å². The maximum Gasteiger partial charge on any atom is 0.0936 e. The van der Waals surface area contributed by atoms with Crippen molar-refractivity contribution in [1.82, 2.24) is 4.90 Å². The molecule has 0 bridgehead atoms. The first-order valence-corrected chi connectivity index (χ1v) is 5.18. The Hall–Kier alpha value is -0.0800. The van der Waals surface area contributed by atoms with Crippen molar-refractivity contribution in [2.75, 3.05) is 20.2 Å². The Morgan fingerprint density at radius 3 is 2.50 bits per heavy atom. The molecule has 2 heteroatoms. The van der Waals surface area contributed by atoms with Crippen molar-refractivity contribution in [2.24, 2.45) is 0 Å². The van der Waals surface area contributed by atoms with Gasteiger partial charge in [-0.05, 0) is 19.9 Å². The quantitative estimate of drug-likeness (QED) is 0.597. The Bertz CT molecular complexity index is 139. The Balaban J connectivity index is 1.72. The molecule has 2 fully saturated rings. The van der Waals surface area contributed by atoms with E-state index in [1.165, 1.54) is 32.1 Å². The summed E-state index contributed by atoms with van der Waals surface area (Å²) in [5.41, 5.74) is 0. The molecule has 1 saturated carbocycles. The van der Waals surface area contributed by atoms with Gasteiger partial charge in [0.25, 0.3) is 0 Å². The zero-order chi connectivity index (χ0) is 8.39. The van der Waals surface area contributed by atoms with Gasteiger partial charge in [-0.15, -0.1) is 0 Å². The van der Waals surface area contributed by atoms with Crippen LogP contribution in [0.4, 0.5) is 0 Å². The van der Waals surface area contributed by atoms with E-state index in [1.807, 2.05) is 0 Å². The maximum atomic E-state index is 5.23. The second kappa shape index (κ2) is 3.75. The molecule has 1 heterocycles. The Morgan fingerprint density at radius 1 is 1.25 bits per heavy atom. The minimum absolute atomic E-state index is 0.567. The van der Waals surface area contributed by atoms with Crippen LogP contribution in [0, 0.1) is 0 Å². The first-order valence-electron chi connectivity index (χ1n) is 5.18. The van der Waals surface area contributed by atoms with Gasteiger partial charge in [0.15, 0.2) is 0 Å². The number of rotatable bonds is 3. The van der Waals surface area contributed by atoms with Gasteiger partial charge in [0.2, 0.25) is 0 Å². The molecule has 1 aliphatic carbocycles. The van der Waals surface area contributed by atoms with Crippen molar-refractivity contribution in [3.63, 3.8) is 0 Å². The van der Waals surface area contributed by atoms with E-state index in [-0.39, 0.29) is 0 Å². The van der Waals surface area contributed by atoms with E-state index in [4.69, 9.17) is 4.74 Å². The van der Waals surface area contributed by atoms with E-state index >= 15 is 0 Å². The second-order valence-electron chi connectivity index (χ2n) is 4.19. The summed E-state index contributed by atoms with van der Waals surface area (Å²) in [7, 11) is 2.25. The smallest absolute Gasteiger partial charge is 0.0936 e. The molecular weight excluding hydrogens is 150 g/mol. The van der Waals surface area contributed by atoms with Gasteiger partial charge in [0, 0.05) is 12.6 Å². The molecule has 12 heavy (non-hydrogen) atoms. The summed E-state index contributed by atoms with van der Waals surface area (Å²) >= 11 is 0. The summed E-state index contributed by atoms with van der Waals surface area (Å²) in [6.45, 7) is 2.15. The highest BCUT2D eigenvalue weighted by Gasteiger charge is 2.27. The van der Waals surface area contributed by atoms with Gasteiger partial charge in [-0.25, -0.2) is 0 Å². The van der Waals surface area contributed by atoms with Crippen LogP contribution in [-0.2, 0) is 4.74 Å². The van der Waals surface area contributed by atoms with E-state index in [1.54, 1.807) is 0 Å². The van der Waals surface area contributed by atoms with Crippen molar-refractivity contribution in [3.8, 4) is 0 Å². The molecule has 0 aromatic carbocycles. The lowest BCUT2D eigenvalue weighted by molar-refractivity contribution is 0.177. The van der Waals surface area contributed by atoms with E-state index in [2.05, 4.69) is 11.9 Å². The van der Waals surface area contributed by atoms with Gasteiger partial charge in [0.05, 0.1) is 12.7 Å². The molecular formula is C10H19NO. The lowest BCUT2D eigenvalue weighted by Gasteiger charge is -2.30. The molecule has 1 saturated heterocycles. The van der Waals surface area contributed by atoms with Crippen molar-refractivity contribution < 1.29 is 4.74 Å². The van der Waals surface area contributed by atoms with Gasteiger partial charge >= 0.3 is 0 Å². The van der Waals surface area contributed by atoms with Crippen LogP contribution in [0.3, 0.4) is 0 Å². The molecule has 0 N–H and O–H groups in total. The third-order valence-corrected chi connectivity index (χ3v) is 3.09. The molecule has 0 radical (unpaired) electrons. The first kappa shape index (κ1) is 8.52. The average Bonchev–Trinajstić information content (AvgIpc) is 2.90. The zero-order valence-corrected chi connectivity index (χ0v) is 7.96. The highest BCUT2D eigenvalue weighted by molar-refractivity contribution is 4.79. The Kier molecular flexibility index (Phi) is 2.66. The average molecular weight is 169 g/mol. The molecule has 2 rings (SSSR count). The fraction of sp³-hybridized carbons (Fsp3) is 1.00. The van der Waals surface area contributed by atoms with Gasteiger partial charge in [-0.3, -0.25) is 0 Å². The topological polar surface area (TPSA) is 15.8 Å². The highest BCUT2D eigenvalue weighted by Crippen LogP contribution is 2.23. The molecule has 0 amide bonds. The van der Waals surface area contributed by atoms with Crippen LogP contribution in [0.15, 0.2) is 0 Å². The van der Waals surface area contributed by atoms with Crippen molar-refractivity contribution in [2.45, 2.75) is 44.2 Å².